The number of hydrogen-bond acceptors (Lipinski definition) is 5. The number of phenols is 1. The fraction of sp³-hybridized carbons (Fsp3) is 0.167. The maximum Gasteiger partial charge on any atom is 0.266 e. The lowest BCUT2D eigenvalue weighted by Crippen LogP contribution is -2.37. The van der Waals surface area contributed by atoms with Crippen LogP contribution >= 0.6 is 11.6 Å². The number of imide groups is 1. The van der Waals surface area contributed by atoms with Crippen molar-refractivity contribution < 1.29 is 19.5 Å². The van der Waals surface area contributed by atoms with Gasteiger partial charge in [0.2, 0.25) is 5.91 Å². The largest absolute Gasteiger partial charge is 0.508 e. The number of carbonyl (C=O) groups is 2. The highest BCUT2D eigenvalue weighted by Crippen LogP contribution is 2.49. The second-order valence-electron chi connectivity index (χ2n) is 7.61. The van der Waals surface area contributed by atoms with Crippen molar-refractivity contribution in [3.8, 4) is 5.75 Å². The summed E-state index contributed by atoms with van der Waals surface area (Å²) in [4.78, 5) is 34.2. The van der Waals surface area contributed by atoms with Crippen molar-refractivity contribution in [3.63, 3.8) is 0 Å². The van der Waals surface area contributed by atoms with Gasteiger partial charge in [0.15, 0.2) is 6.10 Å². The van der Waals surface area contributed by atoms with Gasteiger partial charge in [-0.05, 0) is 42.8 Å². The van der Waals surface area contributed by atoms with Gasteiger partial charge in [-0.3, -0.25) is 14.4 Å². The summed E-state index contributed by atoms with van der Waals surface area (Å²) in [6, 6.07) is 20.5. The number of nitrogens with zero attached hydrogens (tertiary/aromatic N) is 2. The van der Waals surface area contributed by atoms with E-state index in [4.69, 9.17) is 16.4 Å². The van der Waals surface area contributed by atoms with Crippen LogP contribution in [-0.2, 0) is 14.4 Å². The number of para-hydroxylation sites is 2. The summed E-state index contributed by atoms with van der Waals surface area (Å²) in [5.41, 5.74) is 2.30. The third kappa shape index (κ3) is 2.99. The van der Waals surface area contributed by atoms with E-state index in [1.165, 1.54) is 0 Å². The molecule has 6 nitrogen and oxygen atoms in total. The molecule has 1 N–H and O–H groups in total. The van der Waals surface area contributed by atoms with E-state index in [1.807, 2.05) is 30.3 Å². The Bertz CT molecular complexity index is 1180. The first kappa shape index (κ1) is 19.6. The molecule has 0 aromatic heterocycles. The van der Waals surface area contributed by atoms with Crippen LogP contribution in [0.5, 0.6) is 5.75 Å². The standard InChI is InChI=1S/C24H19ClN2O4/c1-14-17(25)11-7-12-18(14)26-23(29)20-21(16-10-5-6-13-19(16)28)27(31-22(20)24(26)30)15-8-3-2-4-9-15/h2-13,20-22,28H,1H3/t20-,21-,22-/m1/s1. The zero-order chi connectivity index (χ0) is 21.7. The molecule has 3 atom stereocenters. The number of halogens is 1. The van der Waals surface area contributed by atoms with Crippen molar-refractivity contribution in [2.24, 2.45) is 5.92 Å². The molecule has 3 aromatic rings. The van der Waals surface area contributed by atoms with Crippen molar-refractivity contribution in [2.75, 3.05) is 9.96 Å². The number of benzene rings is 3. The molecule has 0 unspecified atom stereocenters. The summed E-state index contributed by atoms with van der Waals surface area (Å²) in [5.74, 6) is -1.61. The van der Waals surface area contributed by atoms with E-state index in [-0.39, 0.29) is 11.7 Å². The van der Waals surface area contributed by atoms with Crippen molar-refractivity contribution in [1.29, 1.82) is 0 Å². The maximum atomic E-state index is 13.6. The van der Waals surface area contributed by atoms with Crippen molar-refractivity contribution in [1.82, 2.24) is 0 Å². The van der Waals surface area contributed by atoms with E-state index in [1.54, 1.807) is 54.5 Å². The smallest absolute Gasteiger partial charge is 0.266 e. The highest BCUT2D eigenvalue weighted by molar-refractivity contribution is 6.32. The number of rotatable bonds is 3. The van der Waals surface area contributed by atoms with Gasteiger partial charge in [-0.25, -0.2) is 9.96 Å². The number of hydrogen-bond donors (Lipinski definition) is 1. The first-order valence-electron chi connectivity index (χ1n) is 9.91. The predicted octanol–water partition coefficient (Wildman–Crippen LogP) is 4.41. The fourth-order valence-corrected chi connectivity index (χ4v) is 4.51. The molecule has 2 heterocycles. The molecule has 2 fully saturated rings. The summed E-state index contributed by atoms with van der Waals surface area (Å²) in [5, 5.41) is 12.6. The Hall–Kier alpha value is -3.35. The molecule has 2 amide bonds. The normalized spacial score (nSPS) is 22.8. The van der Waals surface area contributed by atoms with Crippen LogP contribution in [-0.4, -0.2) is 23.0 Å². The molecule has 156 valence electrons. The van der Waals surface area contributed by atoms with Crippen LogP contribution in [0.1, 0.15) is 17.2 Å². The molecule has 0 bridgehead atoms. The van der Waals surface area contributed by atoms with Crippen molar-refractivity contribution in [2.45, 2.75) is 19.1 Å². The average molecular weight is 435 g/mol. The molecular weight excluding hydrogens is 416 g/mol. The van der Waals surface area contributed by atoms with E-state index in [0.29, 0.717) is 27.5 Å². The van der Waals surface area contributed by atoms with Crippen LogP contribution in [0.3, 0.4) is 0 Å². The fourth-order valence-electron chi connectivity index (χ4n) is 4.34. The van der Waals surface area contributed by atoms with Crippen LogP contribution < -0.4 is 9.96 Å². The van der Waals surface area contributed by atoms with Gasteiger partial charge in [0, 0.05) is 10.6 Å². The lowest BCUT2D eigenvalue weighted by atomic mass is 9.90. The summed E-state index contributed by atoms with van der Waals surface area (Å²) in [7, 11) is 0. The summed E-state index contributed by atoms with van der Waals surface area (Å²) in [6.07, 6.45) is -1.00. The Kier molecular flexibility index (Phi) is 4.68. The molecule has 31 heavy (non-hydrogen) atoms. The Morgan fingerprint density at radius 1 is 0.903 bits per heavy atom. The minimum atomic E-state index is -1.00. The molecule has 7 heteroatoms. The molecule has 0 aliphatic carbocycles. The van der Waals surface area contributed by atoms with Crippen LogP contribution in [0.2, 0.25) is 5.02 Å². The first-order chi connectivity index (χ1) is 15.0. The van der Waals surface area contributed by atoms with Gasteiger partial charge in [-0.1, -0.05) is 54.1 Å². The summed E-state index contributed by atoms with van der Waals surface area (Å²) in [6.45, 7) is 1.77. The van der Waals surface area contributed by atoms with Gasteiger partial charge in [0.25, 0.3) is 5.91 Å². The Morgan fingerprint density at radius 2 is 1.61 bits per heavy atom. The first-order valence-corrected chi connectivity index (χ1v) is 10.3. The second kappa shape index (κ2) is 7.41. The second-order valence-corrected chi connectivity index (χ2v) is 8.02. The van der Waals surface area contributed by atoms with Crippen LogP contribution in [0, 0.1) is 12.8 Å². The summed E-state index contributed by atoms with van der Waals surface area (Å²) < 4.78 is 0. The number of hydroxylamine groups is 1. The predicted molar refractivity (Wildman–Crippen MR) is 117 cm³/mol. The molecule has 5 rings (SSSR count). The third-order valence-electron chi connectivity index (χ3n) is 5.86. The molecule has 0 spiro atoms. The lowest BCUT2D eigenvalue weighted by molar-refractivity contribution is -0.126. The minimum Gasteiger partial charge on any atom is -0.508 e. The summed E-state index contributed by atoms with van der Waals surface area (Å²) >= 11 is 6.24. The Balaban J connectivity index is 1.63. The number of phenolic OH excluding ortho intramolecular Hbond substituents is 1. The minimum absolute atomic E-state index is 0.0373. The van der Waals surface area contributed by atoms with Gasteiger partial charge < -0.3 is 5.11 Å². The Labute approximate surface area is 184 Å². The highest BCUT2D eigenvalue weighted by atomic mass is 35.5. The van der Waals surface area contributed by atoms with Crippen LogP contribution in [0.25, 0.3) is 0 Å². The van der Waals surface area contributed by atoms with Gasteiger partial charge in [0.1, 0.15) is 11.7 Å². The van der Waals surface area contributed by atoms with Gasteiger partial charge >= 0.3 is 0 Å². The van der Waals surface area contributed by atoms with E-state index in [2.05, 4.69) is 0 Å². The molecule has 0 radical (unpaired) electrons. The molecule has 0 saturated carbocycles. The number of carbonyl (C=O) groups excluding carboxylic acids is 2. The number of amides is 2. The molecule has 3 aromatic carbocycles. The van der Waals surface area contributed by atoms with E-state index in [9.17, 15) is 14.7 Å². The van der Waals surface area contributed by atoms with E-state index in [0.717, 1.165) is 4.90 Å². The van der Waals surface area contributed by atoms with Crippen molar-refractivity contribution in [3.05, 3.63) is 88.9 Å². The zero-order valence-corrected chi connectivity index (χ0v) is 17.4. The highest BCUT2D eigenvalue weighted by Gasteiger charge is 2.60. The monoisotopic (exact) mass is 434 g/mol. The van der Waals surface area contributed by atoms with Gasteiger partial charge in [-0.2, -0.15) is 0 Å². The quantitative estimate of drug-likeness (QED) is 0.618. The van der Waals surface area contributed by atoms with E-state index >= 15 is 0 Å². The third-order valence-corrected chi connectivity index (χ3v) is 6.27. The van der Waals surface area contributed by atoms with Crippen LogP contribution in [0.4, 0.5) is 11.4 Å². The molecular formula is C24H19ClN2O4. The van der Waals surface area contributed by atoms with Crippen molar-refractivity contribution >= 4 is 34.8 Å². The molecule has 2 aliphatic heterocycles. The average Bonchev–Trinajstić information content (AvgIpc) is 3.28. The van der Waals surface area contributed by atoms with Gasteiger partial charge in [0.05, 0.1) is 17.4 Å². The van der Waals surface area contributed by atoms with Gasteiger partial charge in [-0.15, -0.1) is 0 Å². The number of fused-ring (bicyclic) bond motifs is 1. The number of anilines is 2. The lowest BCUT2D eigenvalue weighted by Gasteiger charge is -2.29. The van der Waals surface area contributed by atoms with E-state index < -0.39 is 24.0 Å². The maximum absolute atomic E-state index is 13.6. The zero-order valence-electron chi connectivity index (χ0n) is 16.6. The molecule has 2 aliphatic rings. The van der Waals surface area contributed by atoms with Crippen LogP contribution in [0.15, 0.2) is 72.8 Å². The Morgan fingerprint density at radius 3 is 2.35 bits per heavy atom. The number of aromatic hydroxyl groups is 1. The molecule has 2 saturated heterocycles. The SMILES string of the molecule is Cc1c(Cl)cccc1N1C(=O)[C@@H]2[C@@H](c3ccccc3O)N(c3ccccc3)O[C@H]2C1=O. The topological polar surface area (TPSA) is 70.1 Å².